The number of fused-ring (bicyclic) bond motifs is 1. The van der Waals surface area contributed by atoms with E-state index in [-0.39, 0.29) is 17.1 Å². The number of carbonyl (C=O) groups excluding carboxylic acids is 2. The summed E-state index contributed by atoms with van der Waals surface area (Å²) in [6.45, 7) is -0.458. The van der Waals surface area contributed by atoms with Gasteiger partial charge in [-0.1, -0.05) is 48.5 Å². The van der Waals surface area contributed by atoms with Gasteiger partial charge < -0.3 is 14.0 Å². The first-order chi connectivity index (χ1) is 15.0. The van der Waals surface area contributed by atoms with Gasteiger partial charge in [0.25, 0.3) is 0 Å². The Kier molecular flexibility index (Phi) is 5.54. The molecule has 5 nitrogen and oxygen atoms in total. The number of benzene rings is 3. The van der Waals surface area contributed by atoms with Crippen molar-refractivity contribution in [3.05, 3.63) is 89.7 Å². The first kappa shape index (κ1) is 20.3. The minimum atomic E-state index is -0.781. The van der Waals surface area contributed by atoms with E-state index in [2.05, 4.69) is 0 Å². The standard InChI is InChI=1S/C25H20FNO4/c1-27-20-11-7-6-10-18(20)23(24(27)16-8-4-3-5-9-16)21(28)15-31-25(29)17-12-13-22(30-2)19(26)14-17/h3-14H,15H2,1-2H3. The van der Waals surface area contributed by atoms with Crippen LogP contribution in [0.4, 0.5) is 4.39 Å². The Hall–Kier alpha value is -3.93. The maximum absolute atomic E-state index is 13.9. The molecule has 0 unspecified atom stereocenters. The van der Waals surface area contributed by atoms with Crippen LogP contribution in [0.2, 0.25) is 0 Å². The summed E-state index contributed by atoms with van der Waals surface area (Å²) >= 11 is 0. The van der Waals surface area contributed by atoms with E-state index >= 15 is 0 Å². The predicted molar refractivity (Wildman–Crippen MR) is 116 cm³/mol. The Morgan fingerprint density at radius 3 is 2.39 bits per heavy atom. The number of aromatic nitrogens is 1. The number of rotatable bonds is 6. The Morgan fingerprint density at radius 2 is 1.68 bits per heavy atom. The molecule has 0 spiro atoms. The molecule has 0 fully saturated rings. The molecule has 0 aliphatic rings. The van der Waals surface area contributed by atoms with Gasteiger partial charge in [0.2, 0.25) is 5.78 Å². The lowest BCUT2D eigenvalue weighted by Gasteiger charge is -2.09. The number of hydrogen-bond donors (Lipinski definition) is 0. The number of esters is 1. The number of aryl methyl sites for hydroxylation is 1. The molecule has 156 valence electrons. The fourth-order valence-corrected chi connectivity index (χ4v) is 3.69. The van der Waals surface area contributed by atoms with Crippen molar-refractivity contribution >= 4 is 22.7 Å². The fraction of sp³-hybridized carbons (Fsp3) is 0.120. The van der Waals surface area contributed by atoms with Crippen molar-refractivity contribution in [3.8, 4) is 17.0 Å². The van der Waals surface area contributed by atoms with Crippen molar-refractivity contribution < 1.29 is 23.5 Å². The SMILES string of the molecule is COc1ccc(C(=O)OCC(=O)c2c(-c3ccccc3)n(C)c3ccccc23)cc1F. The summed E-state index contributed by atoms with van der Waals surface area (Å²) in [5, 5.41) is 0.778. The second-order valence-electron chi connectivity index (χ2n) is 7.01. The van der Waals surface area contributed by atoms with Gasteiger partial charge in [-0.25, -0.2) is 9.18 Å². The Bertz CT molecular complexity index is 1280. The summed E-state index contributed by atoms with van der Waals surface area (Å²) < 4.78 is 25.9. The molecule has 1 heterocycles. The van der Waals surface area contributed by atoms with Crippen molar-refractivity contribution in [2.45, 2.75) is 0 Å². The molecule has 31 heavy (non-hydrogen) atoms. The number of carbonyl (C=O) groups is 2. The maximum Gasteiger partial charge on any atom is 0.338 e. The van der Waals surface area contributed by atoms with E-state index in [0.717, 1.165) is 28.2 Å². The second-order valence-corrected chi connectivity index (χ2v) is 7.01. The number of ketones is 1. The largest absolute Gasteiger partial charge is 0.494 e. The van der Waals surface area contributed by atoms with E-state index in [0.29, 0.717) is 5.56 Å². The highest BCUT2D eigenvalue weighted by Crippen LogP contribution is 2.33. The highest BCUT2D eigenvalue weighted by atomic mass is 19.1. The van der Waals surface area contributed by atoms with E-state index < -0.39 is 18.4 Å². The Balaban J connectivity index is 1.65. The lowest BCUT2D eigenvalue weighted by molar-refractivity contribution is 0.0475. The molecule has 4 aromatic rings. The van der Waals surface area contributed by atoms with Crippen LogP contribution in [0.15, 0.2) is 72.8 Å². The van der Waals surface area contributed by atoms with Crippen molar-refractivity contribution in [1.82, 2.24) is 4.57 Å². The first-order valence-corrected chi connectivity index (χ1v) is 9.68. The van der Waals surface area contributed by atoms with Gasteiger partial charge >= 0.3 is 5.97 Å². The highest BCUT2D eigenvalue weighted by molar-refractivity contribution is 6.14. The molecular weight excluding hydrogens is 397 g/mol. The number of ether oxygens (including phenoxy) is 2. The monoisotopic (exact) mass is 417 g/mol. The summed E-state index contributed by atoms with van der Waals surface area (Å²) in [6, 6.07) is 20.9. The number of hydrogen-bond acceptors (Lipinski definition) is 4. The van der Waals surface area contributed by atoms with Crippen LogP contribution in [0.1, 0.15) is 20.7 Å². The van der Waals surface area contributed by atoms with Crippen LogP contribution in [0.3, 0.4) is 0 Å². The highest BCUT2D eigenvalue weighted by Gasteiger charge is 2.23. The number of halogens is 1. The zero-order valence-corrected chi connectivity index (χ0v) is 17.1. The lowest BCUT2D eigenvalue weighted by atomic mass is 10.0. The zero-order valence-electron chi connectivity index (χ0n) is 17.1. The van der Waals surface area contributed by atoms with Crippen LogP contribution in [0, 0.1) is 5.82 Å². The van der Waals surface area contributed by atoms with Gasteiger partial charge in [0.1, 0.15) is 0 Å². The van der Waals surface area contributed by atoms with E-state index in [4.69, 9.17) is 9.47 Å². The Labute approximate surface area is 178 Å². The number of para-hydroxylation sites is 1. The molecule has 0 atom stereocenters. The van der Waals surface area contributed by atoms with Crippen molar-refractivity contribution in [2.24, 2.45) is 7.05 Å². The zero-order chi connectivity index (χ0) is 22.0. The molecule has 0 aliphatic heterocycles. The molecule has 0 radical (unpaired) electrons. The van der Waals surface area contributed by atoms with Crippen LogP contribution in [0.25, 0.3) is 22.2 Å². The minimum absolute atomic E-state index is 0.00676. The smallest absolute Gasteiger partial charge is 0.338 e. The van der Waals surface area contributed by atoms with E-state index in [1.165, 1.54) is 19.2 Å². The minimum Gasteiger partial charge on any atom is -0.494 e. The predicted octanol–water partition coefficient (Wildman–Crippen LogP) is 5.03. The number of methoxy groups -OCH3 is 1. The van der Waals surface area contributed by atoms with Crippen LogP contribution in [0.5, 0.6) is 5.75 Å². The summed E-state index contributed by atoms with van der Waals surface area (Å²) in [4.78, 5) is 25.6. The average molecular weight is 417 g/mol. The van der Waals surface area contributed by atoms with E-state index in [1.807, 2.05) is 66.2 Å². The summed E-state index contributed by atoms with van der Waals surface area (Å²) in [6.07, 6.45) is 0. The topological polar surface area (TPSA) is 57.5 Å². The van der Waals surface area contributed by atoms with Gasteiger partial charge in [-0.05, 0) is 29.8 Å². The second kappa shape index (κ2) is 8.44. The lowest BCUT2D eigenvalue weighted by Crippen LogP contribution is -2.15. The quantitative estimate of drug-likeness (QED) is 0.326. The third-order valence-corrected chi connectivity index (χ3v) is 5.15. The van der Waals surface area contributed by atoms with Crippen molar-refractivity contribution in [3.63, 3.8) is 0 Å². The molecule has 0 saturated heterocycles. The van der Waals surface area contributed by atoms with E-state index in [9.17, 15) is 14.0 Å². The third kappa shape index (κ3) is 3.80. The normalized spacial score (nSPS) is 10.8. The summed E-state index contributed by atoms with van der Waals surface area (Å²) in [5.41, 5.74) is 3.02. The van der Waals surface area contributed by atoms with Crippen LogP contribution in [-0.4, -0.2) is 30.0 Å². The molecule has 0 aliphatic carbocycles. The molecule has 4 rings (SSSR count). The average Bonchev–Trinajstić information content (AvgIpc) is 3.10. The van der Waals surface area contributed by atoms with Gasteiger partial charge in [-0.2, -0.15) is 0 Å². The third-order valence-electron chi connectivity index (χ3n) is 5.15. The van der Waals surface area contributed by atoms with Gasteiger partial charge in [-0.3, -0.25) is 4.79 Å². The van der Waals surface area contributed by atoms with Crippen LogP contribution in [-0.2, 0) is 11.8 Å². The molecule has 0 amide bonds. The Morgan fingerprint density at radius 1 is 0.968 bits per heavy atom. The van der Waals surface area contributed by atoms with Gasteiger partial charge in [-0.15, -0.1) is 0 Å². The first-order valence-electron chi connectivity index (χ1n) is 9.68. The van der Waals surface area contributed by atoms with E-state index in [1.54, 1.807) is 0 Å². The van der Waals surface area contributed by atoms with Crippen molar-refractivity contribution in [2.75, 3.05) is 13.7 Å². The maximum atomic E-state index is 13.9. The van der Waals surface area contributed by atoms with Crippen molar-refractivity contribution in [1.29, 1.82) is 0 Å². The molecule has 0 N–H and O–H groups in total. The van der Waals surface area contributed by atoms with Crippen LogP contribution < -0.4 is 4.74 Å². The van der Waals surface area contributed by atoms with Crippen LogP contribution >= 0.6 is 0 Å². The molecular formula is C25H20FNO4. The number of Topliss-reactive ketones (excluding diaryl/α,β-unsaturated/α-hetero) is 1. The molecule has 6 heteroatoms. The summed E-state index contributed by atoms with van der Waals surface area (Å²) in [7, 11) is 3.23. The molecule has 0 saturated carbocycles. The number of nitrogens with zero attached hydrogens (tertiary/aromatic N) is 1. The molecule has 1 aromatic heterocycles. The fourth-order valence-electron chi connectivity index (χ4n) is 3.69. The van der Waals surface area contributed by atoms with Gasteiger partial charge in [0.15, 0.2) is 18.2 Å². The van der Waals surface area contributed by atoms with Gasteiger partial charge in [0, 0.05) is 18.0 Å². The molecule has 3 aromatic carbocycles. The summed E-state index contributed by atoms with van der Waals surface area (Å²) in [5.74, 6) is -1.77. The molecule has 0 bridgehead atoms. The van der Waals surface area contributed by atoms with Gasteiger partial charge in [0.05, 0.1) is 23.9 Å².